The second kappa shape index (κ2) is 10.4. The first-order valence-electron chi connectivity index (χ1n) is 13.5. The molecule has 5 N–H and O–H groups in total. The SMILES string of the molecule is Cc1cccc(C)c1CNc1nc(C)c(-c2nc3c(C4CC4)nccc3s2)c(N[C@@H]2C[C@H](CO)[C@@H](O)[C@H]2O)n1. The summed E-state index contributed by atoms with van der Waals surface area (Å²) in [4.78, 5) is 19.3. The Kier molecular flexibility index (Phi) is 6.96. The minimum absolute atomic E-state index is 0.191. The zero-order chi connectivity index (χ0) is 27.3. The fourth-order valence-electron chi connectivity index (χ4n) is 5.57. The molecular weight excluding hydrogens is 512 g/mol. The zero-order valence-electron chi connectivity index (χ0n) is 22.3. The normalized spacial score (nSPS) is 22.9. The molecule has 204 valence electrons. The van der Waals surface area contributed by atoms with E-state index in [0.29, 0.717) is 30.6 Å². The van der Waals surface area contributed by atoms with Gasteiger partial charge in [0, 0.05) is 31.2 Å². The molecule has 2 aliphatic carbocycles. The molecule has 10 heteroatoms. The first kappa shape index (κ1) is 26.1. The summed E-state index contributed by atoms with van der Waals surface area (Å²) in [6.07, 6.45) is 2.52. The minimum Gasteiger partial charge on any atom is -0.396 e. The van der Waals surface area contributed by atoms with E-state index in [-0.39, 0.29) is 6.61 Å². The van der Waals surface area contributed by atoms with Crippen LogP contribution in [-0.4, -0.2) is 60.1 Å². The lowest BCUT2D eigenvalue weighted by Crippen LogP contribution is -2.35. The number of hydrogen-bond acceptors (Lipinski definition) is 10. The van der Waals surface area contributed by atoms with Gasteiger partial charge in [0.05, 0.1) is 33.8 Å². The number of aliphatic hydroxyl groups is 3. The molecule has 0 aliphatic heterocycles. The summed E-state index contributed by atoms with van der Waals surface area (Å²) in [7, 11) is 0. The first-order chi connectivity index (χ1) is 18.8. The number of aryl methyl sites for hydroxylation is 3. The van der Waals surface area contributed by atoms with Crippen molar-refractivity contribution >= 4 is 33.3 Å². The Hall–Kier alpha value is -3.18. The van der Waals surface area contributed by atoms with Crippen LogP contribution >= 0.6 is 11.3 Å². The molecule has 2 fully saturated rings. The molecule has 4 atom stereocenters. The van der Waals surface area contributed by atoms with E-state index >= 15 is 0 Å². The number of benzene rings is 1. The van der Waals surface area contributed by atoms with E-state index in [9.17, 15) is 15.3 Å². The lowest BCUT2D eigenvalue weighted by atomic mass is 10.0. The highest BCUT2D eigenvalue weighted by atomic mass is 32.1. The summed E-state index contributed by atoms with van der Waals surface area (Å²) in [5.74, 6) is 1.08. The number of rotatable bonds is 8. The summed E-state index contributed by atoms with van der Waals surface area (Å²) in [5.41, 5.74) is 7.09. The largest absolute Gasteiger partial charge is 0.396 e. The van der Waals surface area contributed by atoms with Gasteiger partial charge in [0.1, 0.15) is 22.4 Å². The van der Waals surface area contributed by atoms with Crippen LogP contribution in [0.25, 0.3) is 20.8 Å². The Morgan fingerprint density at radius 3 is 2.46 bits per heavy atom. The minimum atomic E-state index is -1.03. The molecule has 4 aromatic rings. The number of thiazole rings is 1. The Labute approximate surface area is 231 Å². The second-order valence-corrected chi connectivity index (χ2v) is 11.9. The Morgan fingerprint density at radius 2 is 1.77 bits per heavy atom. The molecule has 0 unspecified atom stereocenters. The van der Waals surface area contributed by atoms with E-state index in [1.807, 2.05) is 19.2 Å². The van der Waals surface area contributed by atoms with Gasteiger partial charge in [-0.25, -0.2) is 9.97 Å². The highest BCUT2D eigenvalue weighted by Gasteiger charge is 2.41. The van der Waals surface area contributed by atoms with Crippen LogP contribution < -0.4 is 10.6 Å². The van der Waals surface area contributed by atoms with Crippen LogP contribution in [0.1, 0.15) is 53.3 Å². The maximum Gasteiger partial charge on any atom is 0.225 e. The van der Waals surface area contributed by atoms with Gasteiger partial charge in [-0.2, -0.15) is 4.98 Å². The van der Waals surface area contributed by atoms with Crippen LogP contribution in [0.5, 0.6) is 0 Å². The van der Waals surface area contributed by atoms with Crippen molar-refractivity contribution in [3.05, 3.63) is 58.5 Å². The number of aliphatic hydroxyl groups excluding tert-OH is 3. The van der Waals surface area contributed by atoms with Crippen LogP contribution in [0.15, 0.2) is 30.5 Å². The van der Waals surface area contributed by atoms with Crippen molar-refractivity contribution < 1.29 is 15.3 Å². The quantitative estimate of drug-likeness (QED) is 0.221. The van der Waals surface area contributed by atoms with Crippen molar-refractivity contribution in [1.29, 1.82) is 0 Å². The van der Waals surface area contributed by atoms with Gasteiger partial charge in [-0.05, 0) is 62.8 Å². The lowest BCUT2D eigenvalue weighted by Gasteiger charge is -2.21. The highest BCUT2D eigenvalue weighted by Crippen LogP contribution is 2.44. The monoisotopic (exact) mass is 546 g/mol. The number of aromatic nitrogens is 4. The molecular formula is C29H34N6O3S. The van der Waals surface area contributed by atoms with E-state index in [4.69, 9.17) is 15.0 Å². The Morgan fingerprint density at radius 1 is 1.00 bits per heavy atom. The predicted octanol–water partition coefficient (Wildman–Crippen LogP) is 4.08. The third-order valence-corrected chi connectivity index (χ3v) is 9.07. The molecule has 2 aliphatic rings. The first-order valence-corrected chi connectivity index (χ1v) is 14.3. The number of pyridine rings is 1. The van der Waals surface area contributed by atoms with Crippen LogP contribution in [-0.2, 0) is 6.54 Å². The van der Waals surface area contributed by atoms with E-state index in [1.54, 1.807) is 11.3 Å². The summed E-state index contributed by atoms with van der Waals surface area (Å²) < 4.78 is 1.07. The third-order valence-electron chi connectivity index (χ3n) is 8.03. The van der Waals surface area contributed by atoms with Crippen LogP contribution in [0.2, 0.25) is 0 Å². The summed E-state index contributed by atoms with van der Waals surface area (Å²) >= 11 is 1.58. The number of hydrogen-bond donors (Lipinski definition) is 5. The van der Waals surface area contributed by atoms with Crippen molar-refractivity contribution in [3.8, 4) is 10.6 Å². The van der Waals surface area contributed by atoms with Gasteiger partial charge >= 0.3 is 0 Å². The molecule has 0 saturated heterocycles. The van der Waals surface area contributed by atoms with Gasteiger partial charge < -0.3 is 26.0 Å². The van der Waals surface area contributed by atoms with Crippen molar-refractivity contribution in [2.24, 2.45) is 5.92 Å². The van der Waals surface area contributed by atoms with Gasteiger partial charge in [0.15, 0.2) is 0 Å². The summed E-state index contributed by atoms with van der Waals surface area (Å²) in [5, 5.41) is 38.4. The molecule has 3 heterocycles. The van der Waals surface area contributed by atoms with E-state index in [0.717, 1.165) is 45.0 Å². The van der Waals surface area contributed by atoms with Gasteiger partial charge in [0.2, 0.25) is 5.95 Å². The molecule has 9 nitrogen and oxygen atoms in total. The standard InChI is InChI=1S/C29H34N6O3S/c1-14-5-4-6-15(2)19(14)12-31-29-32-16(3)22(27(35-29)33-20-11-18(13-36)25(37)26(20)38)28-34-24-21(39-28)9-10-30-23(24)17-7-8-17/h4-6,9-10,17-18,20,25-26,36-38H,7-8,11-13H2,1-3H3,(H2,31,32,33,35)/t18-,20-,25-,26+/m1/s1. The highest BCUT2D eigenvalue weighted by molar-refractivity contribution is 7.21. The molecule has 0 bridgehead atoms. The van der Waals surface area contributed by atoms with Gasteiger partial charge in [-0.15, -0.1) is 11.3 Å². The predicted molar refractivity (Wildman–Crippen MR) is 153 cm³/mol. The smallest absolute Gasteiger partial charge is 0.225 e. The molecule has 2 saturated carbocycles. The number of nitrogens with zero attached hydrogens (tertiary/aromatic N) is 4. The second-order valence-electron chi connectivity index (χ2n) is 10.8. The third kappa shape index (κ3) is 4.98. The van der Waals surface area contributed by atoms with Crippen LogP contribution in [0, 0.1) is 26.7 Å². The van der Waals surface area contributed by atoms with Crippen LogP contribution in [0.3, 0.4) is 0 Å². The molecule has 0 amide bonds. The van der Waals surface area contributed by atoms with E-state index < -0.39 is 24.2 Å². The zero-order valence-corrected chi connectivity index (χ0v) is 23.2. The molecule has 0 radical (unpaired) electrons. The molecule has 1 aromatic carbocycles. The van der Waals surface area contributed by atoms with Gasteiger partial charge in [-0.3, -0.25) is 4.98 Å². The maximum atomic E-state index is 10.7. The number of anilines is 2. The Balaban J connectivity index is 1.39. The van der Waals surface area contributed by atoms with E-state index in [1.165, 1.54) is 16.7 Å². The lowest BCUT2D eigenvalue weighted by molar-refractivity contribution is 0.00446. The molecule has 6 rings (SSSR count). The molecule has 0 spiro atoms. The van der Waals surface area contributed by atoms with Gasteiger partial charge in [0.25, 0.3) is 0 Å². The fraction of sp³-hybridized carbons (Fsp3) is 0.448. The average molecular weight is 547 g/mol. The van der Waals surface area contributed by atoms with Crippen molar-refractivity contribution in [1.82, 2.24) is 19.9 Å². The van der Waals surface area contributed by atoms with Crippen molar-refractivity contribution in [2.75, 3.05) is 17.2 Å². The summed E-state index contributed by atoms with van der Waals surface area (Å²) in [6, 6.07) is 7.75. The molecule has 39 heavy (non-hydrogen) atoms. The van der Waals surface area contributed by atoms with Crippen LogP contribution in [0.4, 0.5) is 11.8 Å². The Bertz CT molecular complexity index is 1500. The number of nitrogens with one attached hydrogen (secondary N) is 2. The fourth-order valence-corrected chi connectivity index (χ4v) is 6.64. The number of fused-ring (bicyclic) bond motifs is 1. The maximum absolute atomic E-state index is 10.7. The topological polar surface area (TPSA) is 136 Å². The van der Waals surface area contributed by atoms with Crippen molar-refractivity contribution in [3.63, 3.8) is 0 Å². The van der Waals surface area contributed by atoms with Crippen molar-refractivity contribution in [2.45, 2.75) is 70.7 Å². The summed E-state index contributed by atoms with van der Waals surface area (Å²) in [6.45, 7) is 6.51. The molecule has 3 aromatic heterocycles. The average Bonchev–Trinajstić information content (AvgIpc) is 3.61. The van der Waals surface area contributed by atoms with E-state index in [2.05, 4.69) is 47.7 Å². The van der Waals surface area contributed by atoms with Gasteiger partial charge in [-0.1, -0.05) is 18.2 Å².